The van der Waals surface area contributed by atoms with Crippen LogP contribution in [0.1, 0.15) is 34.6 Å². The molecule has 0 aliphatic rings. The first-order valence-electron chi connectivity index (χ1n) is 4.66. The number of aliphatic hydroxyl groups is 1. The van der Waals surface area contributed by atoms with E-state index < -0.39 is 12.0 Å². The Morgan fingerprint density at radius 1 is 1.31 bits per heavy atom. The lowest BCUT2D eigenvalue weighted by Crippen LogP contribution is -2.51. The van der Waals surface area contributed by atoms with E-state index in [1.807, 2.05) is 27.7 Å². The Bertz CT molecular complexity index is 147. The molecule has 4 heteroatoms. The van der Waals surface area contributed by atoms with Crippen molar-refractivity contribution in [3.63, 3.8) is 0 Å². The van der Waals surface area contributed by atoms with Gasteiger partial charge in [-0.25, -0.2) is 0 Å². The van der Waals surface area contributed by atoms with E-state index in [9.17, 15) is 0 Å². The van der Waals surface area contributed by atoms with Gasteiger partial charge in [-0.05, 0) is 26.7 Å². The fourth-order valence-corrected chi connectivity index (χ4v) is 0.891. The number of rotatable bonds is 5. The highest BCUT2D eigenvalue weighted by Gasteiger charge is 2.26. The van der Waals surface area contributed by atoms with Crippen LogP contribution >= 0.6 is 0 Å². The minimum absolute atomic E-state index is 0.228. The topological polar surface area (TPSA) is 67.5 Å². The van der Waals surface area contributed by atoms with Gasteiger partial charge in [0.2, 0.25) is 0 Å². The molecule has 0 bridgehead atoms. The Kier molecular flexibility index (Phi) is 4.85. The normalized spacial score (nSPS) is 21.2. The number of ether oxygens (including phenoxy) is 1. The first-order chi connectivity index (χ1) is 5.75. The standard InChI is InChI=1S/C9H22N2O2/c1-6(2)9(5,10)13-8(4)11-7(3)12/h6-8,11-12H,10H2,1-5H3. The predicted octanol–water partition coefficient (Wildman–Crippen LogP) is 0.608. The van der Waals surface area contributed by atoms with E-state index in [1.54, 1.807) is 6.92 Å². The van der Waals surface area contributed by atoms with Crippen LogP contribution in [0.25, 0.3) is 0 Å². The molecule has 80 valence electrons. The molecular weight excluding hydrogens is 168 g/mol. The van der Waals surface area contributed by atoms with Gasteiger partial charge in [0.1, 0.15) is 18.2 Å². The third kappa shape index (κ3) is 5.21. The van der Waals surface area contributed by atoms with Gasteiger partial charge in [0.05, 0.1) is 0 Å². The summed E-state index contributed by atoms with van der Waals surface area (Å²) in [7, 11) is 0. The average molecular weight is 190 g/mol. The molecule has 0 aromatic rings. The van der Waals surface area contributed by atoms with Gasteiger partial charge >= 0.3 is 0 Å². The van der Waals surface area contributed by atoms with Crippen molar-refractivity contribution in [2.45, 2.75) is 52.8 Å². The fourth-order valence-electron chi connectivity index (χ4n) is 0.891. The molecule has 0 rings (SSSR count). The van der Waals surface area contributed by atoms with Gasteiger partial charge in [-0.3, -0.25) is 5.32 Å². The van der Waals surface area contributed by atoms with E-state index in [0.29, 0.717) is 0 Å². The second-order valence-electron chi connectivity index (χ2n) is 3.94. The summed E-state index contributed by atoms with van der Waals surface area (Å²) in [4.78, 5) is 0. The largest absolute Gasteiger partial charge is 0.379 e. The van der Waals surface area contributed by atoms with Crippen LogP contribution in [0.5, 0.6) is 0 Å². The maximum atomic E-state index is 9.03. The van der Waals surface area contributed by atoms with Gasteiger partial charge < -0.3 is 15.6 Å². The minimum Gasteiger partial charge on any atom is -0.379 e. The maximum Gasteiger partial charge on any atom is 0.118 e. The summed E-state index contributed by atoms with van der Waals surface area (Å²) in [5.41, 5.74) is 5.23. The van der Waals surface area contributed by atoms with Gasteiger partial charge in [-0.2, -0.15) is 0 Å². The maximum absolute atomic E-state index is 9.03. The van der Waals surface area contributed by atoms with Crippen molar-refractivity contribution in [1.82, 2.24) is 5.32 Å². The lowest BCUT2D eigenvalue weighted by atomic mass is 10.0. The highest BCUT2D eigenvalue weighted by Crippen LogP contribution is 2.15. The highest BCUT2D eigenvalue weighted by molar-refractivity contribution is 4.72. The third-order valence-electron chi connectivity index (χ3n) is 2.05. The summed E-state index contributed by atoms with van der Waals surface area (Å²) in [6, 6.07) is 0. The molecule has 4 nitrogen and oxygen atoms in total. The molecular formula is C9H22N2O2. The van der Waals surface area contributed by atoms with E-state index in [1.165, 1.54) is 0 Å². The van der Waals surface area contributed by atoms with E-state index >= 15 is 0 Å². The van der Waals surface area contributed by atoms with E-state index in [0.717, 1.165) is 0 Å². The van der Waals surface area contributed by atoms with Crippen molar-refractivity contribution in [3.8, 4) is 0 Å². The molecule has 0 aliphatic carbocycles. The van der Waals surface area contributed by atoms with Gasteiger partial charge in [0.25, 0.3) is 0 Å². The van der Waals surface area contributed by atoms with Crippen LogP contribution in [0.15, 0.2) is 0 Å². The van der Waals surface area contributed by atoms with Crippen molar-refractivity contribution < 1.29 is 9.84 Å². The highest BCUT2D eigenvalue weighted by atomic mass is 16.5. The molecule has 0 radical (unpaired) electrons. The first kappa shape index (κ1) is 12.8. The summed E-state index contributed by atoms with van der Waals surface area (Å²) < 4.78 is 5.52. The van der Waals surface area contributed by atoms with E-state index in [4.69, 9.17) is 15.6 Å². The zero-order valence-corrected chi connectivity index (χ0v) is 9.16. The molecule has 0 fully saturated rings. The van der Waals surface area contributed by atoms with E-state index in [-0.39, 0.29) is 12.1 Å². The minimum atomic E-state index is -0.665. The van der Waals surface area contributed by atoms with Gasteiger partial charge in [0, 0.05) is 0 Å². The van der Waals surface area contributed by atoms with Crippen molar-refractivity contribution in [2.24, 2.45) is 11.7 Å². The van der Waals surface area contributed by atoms with Crippen molar-refractivity contribution in [2.75, 3.05) is 0 Å². The molecule has 0 aromatic carbocycles. The summed E-state index contributed by atoms with van der Waals surface area (Å²) in [6.45, 7) is 9.28. The van der Waals surface area contributed by atoms with Gasteiger partial charge in [0.15, 0.2) is 0 Å². The van der Waals surface area contributed by atoms with Gasteiger partial charge in [-0.15, -0.1) is 0 Å². The van der Waals surface area contributed by atoms with Crippen LogP contribution in [0.4, 0.5) is 0 Å². The molecule has 4 N–H and O–H groups in total. The summed E-state index contributed by atoms with van der Waals surface area (Å²) >= 11 is 0. The van der Waals surface area contributed by atoms with Crippen molar-refractivity contribution in [1.29, 1.82) is 0 Å². The average Bonchev–Trinajstić information content (AvgIpc) is 1.82. The number of nitrogens with two attached hydrogens (primary N) is 1. The summed E-state index contributed by atoms with van der Waals surface area (Å²) in [5, 5.41) is 11.8. The Morgan fingerprint density at radius 2 is 1.77 bits per heavy atom. The van der Waals surface area contributed by atoms with Crippen molar-refractivity contribution in [3.05, 3.63) is 0 Å². The Hall–Kier alpha value is -0.160. The Morgan fingerprint density at radius 3 is 2.08 bits per heavy atom. The molecule has 0 heterocycles. The second-order valence-corrected chi connectivity index (χ2v) is 3.94. The molecule has 0 spiro atoms. The van der Waals surface area contributed by atoms with Crippen LogP contribution in [0.2, 0.25) is 0 Å². The molecule has 0 saturated heterocycles. The predicted molar refractivity (Wildman–Crippen MR) is 52.8 cm³/mol. The second kappa shape index (κ2) is 4.91. The zero-order valence-electron chi connectivity index (χ0n) is 9.16. The molecule has 0 saturated carbocycles. The Balaban J connectivity index is 3.96. The fraction of sp³-hybridized carbons (Fsp3) is 1.00. The van der Waals surface area contributed by atoms with Crippen LogP contribution in [-0.4, -0.2) is 23.3 Å². The summed E-state index contributed by atoms with van der Waals surface area (Å²) in [5.74, 6) is 0.228. The number of nitrogens with one attached hydrogen (secondary N) is 1. The molecule has 13 heavy (non-hydrogen) atoms. The van der Waals surface area contributed by atoms with Crippen LogP contribution in [0, 0.1) is 5.92 Å². The van der Waals surface area contributed by atoms with E-state index in [2.05, 4.69) is 5.32 Å². The van der Waals surface area contributed by atoms with Gasteiger partial charge in [-0.1, -0.05) is 13.8 Å². The molecule has 3 unspecified atom stereocenters. The Labute approximate surface area is 80.5 Å². The van der Waals surface area contributed by atoms with Crippen LogP contribution < -0.4 is 11.1 Å². The number of hydrogen-bond donors (Lipinski definition) is 3. The molecule has 0 amide bonds. The van der Waals surface area contributed by atoms with Crippen LogP contribution in [0.3, 0.4) is 0 Å². The zero-order chi connectivity index (χ0) is 10.6. The number of hydrogen-bond acceptors (Lipinski definition) is 4. The molecule has 0 aromatic heterocycles. The van der Waals surface area contributed by atoms with Crippen LogP contribution in [-0.2, 0) is 4.74 Å². The SMILES string of the molecule is CC(O)NC(C)OC(C)(N)C(C)C. The smallest absolute Gasteiger partial charge is 0.118 e. The lowest BCUT2D eigenvalue weighted by molar-refractivity contribution is -0.122. The third-order valence-corrected chi connectivity index (χ3v) is 2.05. The quantitative estimate of drug-likeness (QED) is 0.556. The first-order valence-corrected chi connectivity index (χ1v) is 4.66. The summed E-state index contributed by atoms with van der Waals surface area (Å²) in [6.07, 6.45) is -0.838. The molecule has 3 atom stereocenters. The monoisotopic (exact) mass is 190 g/mol. The van der Waals surface area contributed by atoms with Crippen molar-refractivity contribution >= 4 is 0 Å². The number of aliphatic hydroxyl groups excluding tert-OH is 1. The lowest BCUT2D eigenvalue weighted by Gasteiger charge is -2.33. The molecule has 0 aliphatic heterocycles.